The number of hydrogen-bond acceptors (Lipinski definition) is 4. The minimum absolute atomic E-state index is 0.159. The zero-order chi connectivity index (χ0) is 20.4. The predicted octanol–water partition coefficient (Wildman–Crippen LogP) is 2.69. The lowest BCUT2D eigenvalue weighted by molar-refractivity contribution is -0.139. The molecule has 2 heterocycles. The summed E-state index contributed by atoms with van der Waals surface area (Å²) in [5.74, 6) is 1.88. The van der Waals surface area contributed by atoms with E-state index in [1.54, 1.807) is 4.90 Å². The van der Waals surface area contributed by atoms with Gasteiger partial charge in [0.2, 0.25) is 0 Å². The van der Waals surface area contributed by atoms with Crippen LogP contribution in [-0.4, -0.2) is 49.2 Å². The standard InChI is InChI=1S/C22H34N2O4/c1-21(2,3)20-24-15(11-28-20)17(27-6)16(19(24)26)18(25)23-10-12-7-8-13-9-14(12)22(13,4)5/h12-15,20H,7-11H2,1-6H3,(H,23,25)/t12?,13?,14?,15-,20-/m0/s1. The SMILES string of the molecule is COC1=C(C(=O)NCC2CCC3CC2C3(C)C)C(=O)N2[C@H](C(C)(C)C)OC[C@@H]12. The Balaban J connectivity index is 1.47. The van der Waals surface area contributed by atoms with E-state index in [2.05, 4.69) is 19.2 Å². The Morgan fingerprint density at radius 3 is 2.61 bits per heavy atom. The second-order valence-electron chi connectivity index (χ2n) is 10.6. The van der Waals surface area contributed by atoms with Gasteiger partial charge in [-0.25, -0.2) is 0 Å². The van der Waals surface area contributed by atoms with Gasteiger partial charge in [-0.2, -0.15) is 0 Å². The number of nitrogens with one attached hydrogen (secondary N) is 1. The maximum absolute atomic E-state index is 13.1. The number of fused-ring (bicyclic) bond motifs is 3. The predicted molar refractivity (Wildman–Crippen MR) is 105 cm³/mol. The van der Waals surface area contributed by atoms with Crippen molar-refractivity contribution in [2.24, 2.45) is 28.6 Å². The van der Waals surface area contributed by atoms with Gasteiger partial charge in [-0.1, -0.05) is 34.6 Å². The lowest BCUT2D eigenvalue weighted by Crippen LogP contribution is -2.54. The van der Waals surface area contributed by atoms with E-state index in [4.69, 9.17) is 9.47 Å². The average molecular weight is 391 g/mol. The monoisotopic (exact) mass is 390 g/mol. The molecule has 0 radical (unpaired) electrons. The maximum Gasteiger partial charge on any atom is 0.265 e. The molecule has 156 valence electrons. The van der Waals surface area contributed by atoms with Crippen molar-refractivity contribution in [3.05, 3.63) is 11.3 Å². The van der Waals surface area contributed by atoms with Crippen molar-refractivity contribution < 1.29 is 19.1 Å². The third kappa shape index (κ3) is 2.78. The highest BCUT2D eigenvalue weighted by Crippen LogP contribution is 2.61. The Kier molecular flexibility index (Phi) is 4.57. The number of nitrogens with zero attached hydrogens (tertiary/aromatic N) is 1. The zero-order valence-corrected chi connectivity index (χ0v) is 18.0. The fraction of sp³-hybridized carbons (Fsp3) is 0.818. The van der Waals surface area contributed by atoms with Crippen LogP contribution in [0, 0.1) is 28.6 Å². The van der Waals surface area contributed by atoms with Gasteiger partial charge in [0.1, 0.15) is 23.6 Å². The van der Waals surface area contributed by atoms with E-state index in [1.807, 2.05) is 20.8 Å². The fourth-order valence-corrected chi connectivity index (χ4v) is 5.99. The van der Waals surface area contributed by atoms with Crippen LogP contribution in [0.2, 0.25) is 0 Å². The quantitative estimate of drug-likeness (QED) is 0.750. The van der Waals surface area contributed by atoms with Gasteiger partial charge < -0.3 is 14.8 Å². The van der Waals surface area contributed by atoms with Crippen LogP contribution in [0.5, 0.6) is 0 Å². The van der Waals surface area contributed by atoms with Gasteiger partial charge in [0, 0.05) is 12.0 Å². The Labute approximate surface area is 168 Å². The number of methoxy groups -OCH3 is 1. The van der Waals surface area contributed by atoms with Crippen molar-refractivity contribution in [1.82, 2.24) is 10.2 Å². The van der Waals surface area contributed by atoms with Crippen molar-refractivity contribution in [3.63, 3.8) is 0 Å². The highest BCUT2D eigenvalue weighted by atomic mass is 16.5. The number of hydrogen-bond donors (Lipinski definition) is 1. The van der Waals surface area contributed by atoms with Crippen LogP contribution in [0.15, 0.2) is 11.3 Å². The Hall–Kier alpha value is -1.56. The topological polar surface area (TPSA) is 67.9 Å². The van der Waals surface area contributed by atoms with Gasteiger partial charge in [0.05, 0.1) is 13.7 Å². The highest BCUT2D eigenvalue weighted by Gasteiger charge is 2.55. The molecule has 28 heavy (non-hydrogen) atoms. The number of ether oxygens (including phenoxy) is 2. The largest absolute Gasteiger partial charge is 0.498 e. The van der Waals surface area contributed by atoms with E-state index in [0.29, 0.717) is 36.2 Å². The van der Waals surface area contributed by atoms with Crippen LogP contribution in [0.3, 0.4) is 0 Å². The number of amides is 2. The Morgan fingerprint density at radius 2 is 2.04 bits per heavy atom. The van der Waals surface area contributed by atoms with Crippen molar-refractivity contribution in [2.75, 3.05) is 20.3 Å². The van der Waals surface area contributed by atoms with Crippen LogP contribution < -0.4 is 5.32 Å². The smallest absolute Gasteiger partial charge is 0.265 e. The molecule has 1 saturated heterocycles. The van der Waals surface area contributed by atoms with Gasteiger partial charge >= 0.3 is 0 Å². The molecule has 3 unspecified atom stereocenters. The molecule has 3 aliphatic carbocycles. The van der Waals surface area contributed by atoms with Crippen LogP contribution in [0.4, 0.5) is 0 Å². The van der Waals surface area contributed by atoms with Crippen molar-refractivity contribution >= 4 is 11.8 Å². The first-order valence-corrected chi connectivity index (χ1v) is 10.6. The second-order valence-corrected chi connectivity index (χ2v) is 10.6. The Morgan fingerprint density at radius 1 is 1.32 bits per heavy atom. The molecule has 0 aromatic heterocycles. The third-order valence-electron chi connectivity index (χ3n) is 7.71. The van der Waals surface area contributed by atoms with Gasteiger partial charge in [-0.05, 0) is 42.4 Å². The summed E-state index contributed by atoms with van der Waals surface area (Å²) in [6, 6.07) is -0.302. The first kappa shape index (κ1) is 19.7. The zero-order valence-electron chi connectivity index (χ0n) is 18.0. The van der Waals surface area contributed by atoms with E-state index in [9.17, 15) is 9.59 Å². The molecule has 5 rings (SSSR count). The normalized spacial score (nSPS) is 36.3. The number of rotatable bonds is 4. The third-order valence-corrected chi connectivity index (χ3v) is 7.71. The molecule has 2 aliphatic heterocycles. The van der Waals surface area contributed by atoms with E-state index < -0.39 is 0 Å². The van der Waals surface area contributed by atoms with Crippen LogP contribution in [0.1, 0.15) is 53.9 Å². The van der Waals surface area contributed by atoms with E-state index in [1.165, 1.54) is 20.0 Å². The molecule has 0 aromatic rings. The van der Waals surface area contributed by atoms with Crippen LogP contribution in [-0.2, 0) is 19.1 Å². The summed E-state index contributed by atoms with van der Waals surface area (Å²) in [6.45, 7) is 11.8. The molecule has 3 saturated carbocycles. The van der Waals surface area contributed by atoms with Crippen molar-refractivity contribution in [2.45, 2.75) is 66.2 Å². The van der Waals surface area contributed by atoms with Gasteiger partial charge in [0.15, 0.2) is 0 Å². The van der Waals surface area contributed by atoms with Gasteiger partial charge in [-0.3, -0.25) is 14.5 Å². The molecule has 4 fully saturated rings. The van der Waals surface area contributed by atoms with Crippen LogP contribution >= 0.6 is 0 Å². The van der Waals surface area contributed by atoms with E-state index in [0.717, 1.165) is 12.3 Å². The molecule has 2 amide bonds. The molecule has 6 heteroatoms. The summed E-state index contributed by atoms with van der Waals surface area (Å²) < 4.78 is 11.4. The van der Waals surface area contributed by atoms with Gasteiger partial charge in [0.25, 0.3) is 11.8 Å². The van der Waals surface area contributed by atoms with Crippen molar-refractivity contribution in [1.29, 1.82) is 0 Å². The molecule has 5 atom stereocenters. The highest BCUT2D eigenvalue weighted by molar-refractivity contribution is 6.20. The van der Waals surface area contributed by atoms with Crippen molar-refractivity contribution in [3.8, 4) is 0 Å². The molecule has 5 aliphatic rings. The average Bonchev–Trinajstić information content (AvgIpc) is 3.18. The van der Waals surface area contributed by atoms with E-state index >= 15 is 0 Å². The summed E-state index contributed by atoms with van der Waals surface area (Å²) in [6.07, 6.45) is 3.33. The summed E-state index contributed by atoms with van der Waals surface area (Å²) in [5.41, 5.74) is 0.309. The summed E-state index contributed by atoms with van der Waals surface area (Å²) >= 11 is 0. The molecular formula is C22H34N2O4. The number of carbonyl (C=O) groups is 2. The second kappa shape index (κ2) is 6.48. The minimum Gasteiger partial charge on any atom is -0.498 e. The summed E-state index contributed by atoms with van der Waals surface area (Å²) in [4.78, 5) is 27.8. The summed E-state index contributed by atoms with van der Waals surface area (Å²) in [5, 5.41) is 3.06. The Bertz CT molecular complexity index is 719. The lowest BCUT2D eigenvalue weighted by atomic mass is 9.45. The molecule has 0 aromatic carbocycles. The minimum atomic E-state index is -0.355. The molecule has 6 nitrogen and oxygen atoms in total. The maximum atomic E-state index is 13.1. The van der Waals surface area contributed by atoms with Gasteiger partial charge in [-0.15, -0.1) is 0 Å². The molecule has 0 spiro atoms. The molecular weight excluding hydrogens is 356 g/mol. The number of carbonyl (C=O) groups excluding carboxylic acids is 2. The molecule has 2 bridgehead atoms. The first-order valence-electron chi connectivity index (χ1n) is 10.6. The van der Waals surface area contributed by atoms with E-state index in [-0.39, 0.29) is 35.1 Å². The van der Waals surface area contributed by atoms with Crippen LogP contribution in [0.25, 0.3) is 0 Å². The fourth-order valence-electron chi connectivity index (χ4n) is 5.99. The molecule has 1 N–H and O–H groups in total. The summed E-state index contributed by atoms with van der Waals surface area (Å²) in [7, 11) is 1.53. The lowest BCUT2D eigenvalue weighted by Gasteiger charge is -2.60. The first-order chi connectivity index (χ1) is 13.1.